The van der Waals surface area contributed by atoms with Gasteiger partial charge in [-0.05, 0) is 24.6 Å². The van der Waals surface area contributed by atoms with Crippen LogP contribution in [0.15, 0.2) is 17.0 Å². The quantitative estimate of drug-likeness (QED) is 0.888. The van der Waals surface area contributed by atoms with Crippen LogP contribution >= 0.6 is 11.3 Å². The molecule has 0 unspecified atom stereocenters. The number of aryl methyl sites for hydroxylation is 1. The Kier molecular flexibility index (Phi) is 3.97. The number of aliphatic hydroxyl groups excluding tert-OH is 1. The lowest BCUT2D eigenvalue weighted by Gasteiger charge is -2.08. The minimum absolute atomic E-state index is 0.0577. The molecule has 1 aromatic heterocycles. The van der Waals surface area contributed by atoms with Crippen LogP contribution in [0.3, 0.4) is 0 Å². The van der Waals surface area contributed by atoms with Gasteiger partial charge in [-0.25, -0.2) is 17.2 Å². The summed E-state index contributed by atoms with van der Waals surface area (Å²) in [7, 11) is -4.35. The molecule has 0 aliphatic heterocycles. The minimum Gasteiger partial charge on any atom is -0.392 e. The standard InChI is InChI=1S/C10H9F2N3O3S2/c1-5-13-14-10(19-5)15-20(17,18)8-3-6(4-16)2-7(11)9(8)12/h2-3,16H,4H2,1H3,(H,14,15). The van der Waals surface area contributed by atoms with Crippen molar-refractivity contribution in [3.63, 3.8) is 0 Å². The zero-order valence-corrected chi connectivity index (χ0v) is 11.7. The highest BCUT2D eigenvalue weighted by molar-refractivity contribution is 7.93. The largest absolute Gasteiger partial charge is 0.392 e. The van der Waals surface area contributed by atoms with Gasteiger partial charge in [0.2, 0.25) is 5.13 Å². The lowest BCUT2D eigenvalue weighted by Crippen LogP contribution is -2.16. The van der Waals surface area contributed by atoms with Gasteiger partial charge in [-0.2, -0.15) is 0 Å². The fraction of sp³-hybridized carbons (Fsp3) is 0.200. The Morgan fingerprint density at radius 2 is 2.05 bits per heavy atom. The summed E-state index contributed by atoms with van der Waals surface area (Å²) >= 11 is 0.951. The summed E-state index contributed by atoms with van der Waals surface area (Å²) in [4.78, 5) is -0.894. The van der Waals surface area contributed by atoms with Crippen LogP contribution in [0.4, 0.5) is 13.9 Å². The van der Waals surface area contributed by atoms with Crippen LogP contribution in [0.1, 0.15) is 10.6 Å². The lowest BCUT2D eigenvalue weighted by atomic mass is 10.2. The van der Waals surface area contributed by atoms with Crippen molar-refractivity contribution < 1.29 is 22.3 Å². The molecule has 6 nitrogen and oxygen atoms in total. The topological polar surface area (TPSA) is 92.2 Å². The van der Waals surface area contributed by atoms with E-state index >= 15 is 0 Å². The Bertz CT molecular complexity index is 746. The highest BCUT2D eigenvalue weighted by atomic mass is 32.2. The van der Waals surface area contributed by atoms with E-state index in [2.05, 4.69) is 10.2 Å². The Balaban J connectivity index is 2.46. The molecule has 2 rings (SSSR count). The van der Waals surface area contributed by atoms with Gasteiger partial charge in [0.05, 0.1) is 6.61 Å². The first-order valence-electron chi connectivity index (χ1n) is 5.25. The maximum Gasteiger partial charge on any atom is 0.266 e. The van der Waals surface area contributed by atoms with Crippen molar-refractivity contribution in [3.8, 4) is 0 Å². The second kappa shape index (κ2) is 5.38. The number of anilines is 1. The summed E-state index contributed by atoms with van der Waals surface area (Å²) < 4.78 is 52.9. The molecule has 108 valence electrons. The van der Waals surface area contributed by atoms with Crippen molar-refractivity contribution >= 4 is 26.5 Å². The van der Waals surface area contributed by atoms with E-state index in [0.29, 0.717) is 5.01 Å². The molecular weight excluding hydrogens is 312 g/mol. The number of hydrogen-bond donors (Lipinski definition) is 2. The first-order valence-corrected chi connectivity index (χ1v) is 7.55. The van der Waals surface area contributed by atoms with E-state index in [1.165, 1.54) is 0 Å². The number of halogens is 2. The smallest absolute Gasteiger partial charge is 0.266 e. The van der Waals surface area contributed by atoms with Gasteiger partial charge in [-0.1, -0.05) is 11.3 Å². The molecule has 0 amide bonds. The Morgan fingerprint density at radius 3 is 2.60 bits per heavy atom. The zero-order valence-electron chi connectivity index (χ0n) is 10.1. The molecule has 1 aromatic carbocycles. The van der Waals surface area contributed by atoms with Crippen molar-refractivity contribution in [1.82, 2.24) is 10.2 Å². The second-order valence-electron chi connectivity index (χ2n) is 3.78. The lowest BCUT2D eigenvalue weighted by molar-refractivity contribution is 0.280. The van der Waals surface area contributed by atoms with Crippen LogP contribution in [0.2, 0.25) is 0 Å². The number of hydrogen-bond acceptors (Lipinski definition) is 6. The molecule has 2 N–H and O–H groups in total. The van der Waals surface area contributed by atoms with Crippen LogP contribution < -0.4 is 4.72 Å². The molecule has 0 saturated heterocycles. The Hall–Kier alpha value is -1.65. The number of sulfonamides is 1. The van der Waals surface area contributed by atoms with E-state index in [0.717, 1.165) is 23.5 Å². The minimum atomic E-state index is -4.35. The van der Waals surface area contributed by atoms with Gasteiger partial charge in [0, 0.05) is 0 Å². The molecule has 20 heavy (non-hydrogen) atoms. The first-order chi connectivity index (χ1) is 9.33. The maximum absolute atomic E-state index is 13.6. The van der Waals surface area contributed by atoms with Gasteiger partial charge < -0.3 is 5.11 Å². The number of rotatable bonds is 4. The molecule has 0 aliphatic carbocycles. The van der Waals surface area contributed by atoms with Gasteiger partial charge >= 0.3 is 0 Å². The predicted molar refractivity (Wildman–Crippen MR) is 67.7 cm³/mol. The average Bonchev–Trinajstić information content (AvgIpc) is 2.76. The second-order valence-corrected chi connectivity index (χ2v) is 6.61. The van der Waals surface area contributed by atoms with Crippen molar-refractivity contribution in [2.75, 3.05) is 4.72 Å². The van der Waals surface area contributed by atoms with Crippen LogP contribution in [0.5, 0.6) is 0 Å². The number of benzene rings is 1. The van der Waals surface area contributed by atoms with E-state index in [9.17, 15) is 17.2 Å². The van der Waals surface area contributed by atoms with Crippen molar-refractivity contribution in [2.24, 2.45) is 0 Å². The molecule has 0 fully saturated rings. The highest BCUT2D eigenvalue weighted by Crippen LogP contribution is 2.24. The zero-order chi connectivity index (χ0) is 14.9. The summed E-state index contributed by atoms with van der Waals surface area (Å²) in [6.07, 6.45) is 0. The third-order valence-corrected chi connectivity index (χ3v) is 4.50. The van der Waals surface area contributed by atoms with Crippen molar-refractivity contribution in [3.05, 3.63) is 34.3 Å². The molecule has 1 heterocycles. The molecule has 0 spiro atoms. The van der Waals surface area contributed by atoms with Crippen LogP contribution in [-0.2, 0) is 16.6 Å². The molecular formula is C10H9F2N3O3S2. The van der Waals surface area contributed by atoms with E-state index in [1.54, 1.807) is 6.92 Å². The number of aromatic nitrogens is 2. The van der Waals surface area contributed by atoms with Gasteiger partial charge in [-0.3, -0.25) is 4.72 Å². The normalized spacial score (nSPS) is 11.6. The van der Waals surface area contributed by atoms with Crippen LogP contribution in [0, 0.1) is 18.6 Å². The van der Waals surface area contributed by atoms with Crippen molar-refractivity contribution in [1.29, 1.82) is 0 Å². The Morgan fingerprint density at radius 1 is 1.35 bits per heavy atom. The average molecular weight is 321 g/mol. The monoisotopic (exact) mass is 321 g/mol. The van der Waals surface area contributed by atoms with E-state index in [-0.39, 0.29) is 10.7 Å². The Labute approximate surface area is 117 Å². The first kappa shape index (κ1) is 14.8. The SMILES string of the molecule is Cc1nnc(NS(=O)(=O)c2cc(CO)cc(F)c2F)s1. The number of nitrogens with zero attached hydrogens (tertiary/aromatic N) is 2. The number of aliphatic hydroxyl groups is 1. The molecule has 0 bridgehead atoms. The highest BCUT2D eigenvalue weighted by Gasteiger charge is 2.24. The summed E-state index contributed by atoms with van der Waals surface area (Å²) in [6.45, 7) is 1.000. The molecule has 0 radical (unpaired) electrons. The third-order valence-electron chi connectivity index (χ3n) is 2.27. The molecule has 10 heteroatoms. The van der Waals surface area contributed by atoms with Crippen LogP contribution in [0.25, 0.3) is 0 Å². The summed E-state index contributed by atoms with van der Waals surface area (Å²) in [5.41, 5.74) is -0.0577. The molecule has 0 aliphatic rings. The van der Waals surface area contributed by atoms with E-state index in [4.69, 9.17) is 5.11 Å². The molecule has 2 aromatic rings. The fourth-order valence-corrected chi connectivity index (χ4v) is 3.37. The van der Waals surface area contributed by atoms with Crippen molar-refractivity contribution in [2.45, 2.75) is 18.4 Å². The number of nitrogens with one attached hydrogen (secondary N) is 1. The fourth-order valence-electron chi connectivity index (χ4n) is 1.41. The predicted octanol–water partition coefficient (Wildman–Crippen LogP) is 1.42. The van der Waals surface area contributed by atoms with Gasteiger partial charge in [0.1, 0.15) is 9.90 Å². The van der Waals surface area contributed by atoms with E-state index < -0.39 is 33.2 Å². The van der Waals surface area contributed by atoms with Gasteiger partial charge in [0.25, 0.3) is 10.0 Å². The maximum atomic E-state index is 13.6. The summed E-state index contributed by atoms with van der Waals surface area (Å²) in [5, 5.41) is 16.5. The van der Waals surface area contributed by atoms with Crippen LogP contribution in [-0.4, -0.2) is 23.7 Å². The van der Waals surface area contributed by atoms with E-state index in [1.807, 2.05) is 4.72 Å². The van der Waals surface area contributed by atoms with Gasteiger partial charge in [0.15, 0.2) is 11.6 Å². The summed E-state index contributed by atoms with van der Waals surface area (Å²) in [5.74, 6) is -2.87. The molecule has 0 saturated carbocycles. The molecule has 0 atom stereocenters. The summed E-state index contributed by atoms with van der Waals surface area (Å²) in [6, 6.07) is 1.58. The third kappa shape index (κ3) is 2.92. The van der Waals surface area contributed by atoms with Gasteiger partial charge in [-0.15, -0.1) is 10.2 Å².